The maximum absolute atomic E-state index is 11.9. The Morgan fingerprint density at radius 2 is 1.88 bits per heavy atom. The van der Waals surface area contributed by atoms with Crippen LogP contribution in [0.2, 0.25) is 0 Å². The molecule has 0 bridgehead atoms. The minimum Gasteiger partial charge on any atom is -0.481 e. The molecule has 1 heterocycles. The molecular weight excluding hydrogens is 218 g/mol. The van der Waals surface area contributed by atoms with Crippen molar-refractivity contribution in [3.8, 4) is 0 Å². The number of rotatable bonds is 4. The van der Waals surface area contributed by atoms with Gasteiger partial charge in [-0.15, -0.1) is 0 Å². The average molecular weight is 241 g/mol. The van der Waals surface area contributed by atoms with E-state index in [1.165, 1.54) is 0 Å². The summed E-state index contributed by atoms with van der Waals surface area (Å²) in [7, 11) is 0. The molecule has 0 saturated carbocycles. The number of carbonyl (C=O) groups excluding carboxylic acids is 1. The average Bonchev–Trinajstić information content (AvgIpc) is 2.61. The third kappa shape index (κ3) is 2.79. The first-order valence-corrected chi connectivity index (χ1v) is 6.30. The van der Waals surface area contributed by atoms with E-state index in [0.29, 0.717) is 31.8 Å². The Kier molecular flexibility index (Phi) is 4.17. The quantitative estimate of drug-likeness (QED) is 0.819. The molecule has 1 fully saturated rings. The summed E-state index contributed by atoms with van der Waals surface area (Å²) in [6.45, 7) is 8.79. The van der Waals surface area contributed by atoms with Crippen molar-refractivity contribution in [1.29, 1.82) is 0 Å². The second-order valence-corrected chi connectivity index (χ2v) is 5.78. The summed E-state index contributed by atoms with van der Waals surface area (Å²) < 4.78 is 0. The van der Waals surface area contributed by atoms with Crippen LogP contribution in [0.1, 0.15) is 40.5 Å². The topological polar surface area (TPSA) is 57.6 Å². The van der Waals surface area contributed by atoms with E-state index in [0.717, 1.165) is 0 Å². The van der Waals surface area contributed by atoms with E-state index < -0.39 is 11.4 Å². The molecule has 0 radical (unpaired) electrons. The number of nitrogens with zero attached hydrogens (tertiary/aromatic N) is 1. The van der Waals surface area contributed by atoms with Gasteiger partial charge in [0.25, 0.3) is 0 Å². The number of carbonyl (C=O) groups is 2. The van der Waals surface area contributed by atoms with Gasteiger partial charge in [0.15, 0.2) is 0 Å². The van der Waals surface area contributed by atoms with Crippen molar-refractivity contribution in [1.82, 2.24) is 4.90 Å². The first-order chi connectivity index (χ1) is 7.79. The number of carboxylic acid groups (broad SMARTS) is 1. The Morgan fingerprint density at radius 1 is 1.29 bits per heavy atom. The van der Waals surface area contributed by atoms with Gasteiger partial charge in [-0.3, -0.25) is 9.59 Å². The first-order valence-electron chi connectivity index (χ1n) is 6.30. The zero-order valence-electron chi connectivity index (χ0n) is 11.2. The van der Waals surface area contributed by atoms with E-state index in [-0.39, 0.29) is 11.8 Å². The fraction of sp³-hybridized carbons (Fsp3) is 0.846. The van der Waals surface area contributed by atoms with Crippen LogP contribution in [0.4, 0.5) is 0 Å². The fourth-order valence-electron chi connectivity index (χ4n) is 2.42. The van der Waals surface area contributed by atoms with E-state index >= 15 is 0 Å². The third-order valence-electron chi connectivity index (χ3n) is 3.77. The smallest absolute Gasteiger partial charge is 0.311 e. The van der Waals surface area contributed by atoms with E-state index in [2.05, 4.69) is 0 Å². The van der Waals surface area contributed by atoms with Crippen LogP contribution in [-0.2, 0) is 9.59 Å². The van der Waals surface area contributed by atoms with Crippen molar-refractivity contribution >= 4 is 11.9 Å². The lowest BCUT2D eigenvalue weighted by Crippen LogP contribution is -2.40. The van der Waals surface area contributed by atoms with Crippen molar-refractivity contribution in [3.63, 3.8) is 0 Å². The Balaban J connectivity index is 2.73. The van der Waals surface area contributed by atoms with Crippen LogP contribution in [0.5, 0.6) is 0 Å². The SMILES string of the molecule is CC(C)CC(=O)N1CCC(C(=O)O)(C(C)C)C1. The van der Waals surface area contributed by atoms with Crippen LogP contribution >= 0.6 is 0 Å². The predicted octanol–water partition coefficient (Wildman–Crippen LogP) is 1.99. The van der Waals surface area contributed by atoms with Crippen LogP contribution in [-0.4, -0.2) is 35.0 Å². The Labute approximate surface area is 103 Å². The van der Waals surface area contributed by atoms with Crippen molar-refractivity contribution in [2.75, 3.05) is 13.1 Å². The van der Waals surface area contributed by atoms with Crippen LogP contribution in [0, 0.1) is 17.3 Å². The predicted molar refractivity (Wildman–Crippen MR) is 65.6 cm³/mol. The Bertz CT molecular complexity index is 312. The molecular formula is C13H23NO3. The molecule has 1 unspecified atom stereocenters. The van der Waals surface area contributed by atoms with Crippen LogP contribution in [0.25, 0.3) is 0 Å². The summed E-state index contributed by atoms with van der Waals surface area (Å²) in [5.41, 5.74) is -0.743. The molecule has 1 aliphatic rings. The molecule has 0 aromatic rings. The van der Waals surface area contributed by atoms with E-state index in [1.54, 1.807) is 4.90 Å². The van der Waals surface area contributed by atoms with Gasteiger partial charge in [0, 0.05) is 19.5 Å². The number of hydrogen-bond donors (Lipinski definition) is 1. The minimum atomic E-state index is -0.771. The molecule has 4 nitrogen and oxygen atoms in total. The highest BCUT2D eigenvalue weighted by atomic mass is 16.4. The molecule has 0 aromatic carbocycles. The summed E-state index contributed by atoms with van der Waals surface area (Å²) >= 11 is 0. The summed E-state index contributed by atoms with van der Waals surface area (Å²) in [4.78, 5) is 25.1. The molecule has 4 heteroatoms. The monoisotopic (exact) mass is 241 g/mol. The van der Waals surface area contributed by atoms with Gasteiger partial charge in [0.1, 0.15) is 0 Å². The van der Waals surface area contributed by atoms with E-state index in [9.17, 15) is 14.7 Å². The molecule has 0 spiro atoms. The highest BCUT2D eigenvalue weighted by Gasteiger charge is 2.48. The maximum atomic E-state index is 11.9. The van der Waals surface area contributed by atoms with Gasteiger partial charge in [0.05, 0.1) is 5.41 Å². The van der Waals surface area contributed by atoms with Crippen molar-refractivity contribution in [2.24, 2.45) is 17.3 Å². The van der Waals surface area contributed by atoms with Crippen LogP contribution in [0.15, 0.2) is 0 Å². The maximum Gasteiger partial charge on any atom is 0.311 e. The molecule has 1 amide bonds. The largest absolute Gasteiger partial charge is 0.481 e. The normalized spacial score (nSPS) is 24.7. The summed E-state index contributed by atoms with van der Waals surface area (Å²) in [6, 6.07) is 0. The molecule has 0 aromatic heterocycles. The highest BCUT2D eigenvalue weighted by Crippen LogP contribution is 2.38. The number of amides is 1. The van der Waals surface area contributed by atoms with E-state index in [4.69, 9.17) is 0 Å². The second kappa shape index (κ2) is 5.07. The van der Waals surface area contributed by atoms with Crippen molar-refractivity contribution in [3.05, 3.63) is 0 Å². The molecule has 17 heavy (non-hydrogen) atoms. The summed E-state index contributed by atoms with van der Waals surface area (Å²) in [6.07, 6.45) is 1.08. The van der Waals surface area contributed by atoms with E-state index in [1.807, 2.05) is 27.7 Å². The highest BCUT2D eigenvalue weighted by molar-refractivity contribution is 5.81. The van der Waals surface area contributed by atoms with Gasteiger partial charge >= 0.3 is 5.97 Å². The zero-order valence-corrected chi connectivity index (χ0v) is 11.2. The molecule has 0 aliphatic carbocycles. The standard InChI is InChI=1S/C13H23NO3/c1-9(2)7-11(15)14-6-5-13(8-14,10(3)4)12(16)17/h9-10H,5-8H2,1-4H3,(H,16,17). The van der Waals surface area contributed by atoms with Gasteiger partial charge in [-0.05, 0) is 18.3 Å². The van der Waals surface area contributed by atoms with Crippen molar-refractivity contribution < 1.29 is 14.7 Å². The third-order valence-corrected chi connectivity index (χ3v) is 3.77. The van der Waals surface area contributed by atoms with Gasteiger partial charge < -0.3 is 10.0 Å². The van der Waals surface area contributed by atoms with Crippen LogP contribution in [0.3, 0.4) is 0 Å². The lowest BCUT2D eigenvalue weighted by Gasteiger charge is -2.28. The minimum absolute atomic E-state index is 0.0526. The fourth-order valence-corrected chi connectivity index (χ4v) is 2.42. The lowest BCUT2D eigenvalue weighted by molar-refractivity contribution is -0.151. The van der Waals surface area contributed by atoms with Gasteiger partial charge in [0.2, 0.25) is 5.91 Å². The Hall–Kier alpha value is -1.06. The molecule has 1 atom stereocenters. The number of aliphatic carboxylic acids is 1. The van der Waals surface area contributed by atoms with Crippen molar-refractivity contribution in [2.45, 2.75) is 40.5 Å². The first kappa shape index (κ1) is 14.0. The summed E-state index contributed by atoms with van der Waals surface area (Å²) in [5.74, 6) is -0.311. The second-order valence-electron chi connectivity index (χ2n) is 5.78. The molecule has 1 saturated heterocycles. The molecule has 1 N–H and O–H groups in total. The van der Waals surface area contributed by atoms with Gasteiger partial charge in [-0.1, -0.05) is 27.7 Å². The summed E-state index contributed by atoms with van der Waals surface area (Å²) in [5, 5.41) is 9.38. The number of likely N-dealkylation sites (tertiary alicyclic amines) is 1. The number of carboxylic acids is 1. The molecule has 1 rings (SSSR count). The molecule has 1 aliphatic heterocycles. The van der Waals surface area contributed by atoms with Gasteiger partial charge in [-0.2, -0.15) is 0 Å². The number of hydrogen-bond acceptors (Lipinski definition) is 2. The van der Waals surface area contributed by atoms with Gasteiger partial charge in [-0.25, -0.2) is 0 Å². The van der Waals surface area contributed by atoms with Crippen LogP contribution < -0.4 is 0 Å². The lowest BCUT2D eigenvalue weighted by atomic mass is 9.76. The Morgan fingerprint density at radius 3 is 2.24 bits per heavy atom. The zero-order chi connectivity index (χ0) is 13.2. The molecule has 98 valence electrons.